The van der Waals surface area contributed by atoms with Crippen molar-refractivity contribution in [2.24, 2.45) is 4.99 Å². The smallest absolute Gasteiger partial charge is 0.338 e. The normalized spacial score (nSPS) is 14.7. The molecule has 1 aliphatic heterocycles. The van der Waals surface area contributed by atoms with Gasteiger partial charge in [-0.2, -0.15) is 0 Å². The summed E-state index contributed by atoms with van der Waals surface area (Å²) in [6.45, 7) is 3.78. The molecule has 1 aromatic heterocycles. The summed E-state index contributed by atoms with van der Waals surface area (Å²) in [6, 6.07) is 15.5. The molecular formula is C32H28ClFN2O6S. The summed E-state index contributed by atoms with van der Waals surface area (Å²) in [5.41, 5.74) is 2.30. The van der Waals surface area contributed by atoms with Gasteiger partial charge in [-0.1, -0.05) is 41.1 Å². The molecule has 0 amide bonds. The number of thiazole rings is 1. The fourth-order valence-corrected chi connectivity index (χ4v) is 5.99. The molecule has 8 nitrogen and oxygen atoms in total. The Morgan fingerprint density at radius 1 is 1.05 bits per heavy atom. The maximum atomic E-state index is 14.1. The van der Waals surface area contributed by atoms with E-state index in [0.29, 0.717) is 48.4 Å². The zero-order chi connectivity index (χ0) is 30.7. The van der Waals surface area contributed by atoms with Gasteiger partial charge in [0.2, 0.25) is 0 Å². The summed E-state index contributed by atoms with van der Waals surface area (Å²) in [4.78, 5) is 32.3. The summed E-state index contributed by atoms with van der Waals surface area (Å²) in [6.07, 6.45) is 1.69. The second-order valence-electron chi connectivity index (χ2n) is 9.51. The quantitative estimate of drug-likeness (QED) is 0.239. The summed E-state index contributed by atoms with van der Waals surface area (Å²) in [5, 5.41) is 0.455. The first-order valence-corrected chi connectivity index (χ1v) is 14.5. The lowest BCUT2D eigenvalue weighted by molar-refractivity contribution is -0.139. The van der Waals surface area contributed by atoms with Gasteiger partial charge in [0.15, 0.2) is 16.3 Å². The van der Waals surface area contributed by atoms with Gasteiger partial charge in [-0.15, -0.1) is 0 Å². The number of ether oxygens (including phenoxy) is 4. The molecule has 11 heteroatoms. The minimum atomic E-state index is -0.828. The van der Waals surface area contributed by atoms with Gasteiger partial charge in [-0.25, -0.2) is 14.2 Å². The van der Waals surface area contributed by atoms with Crippen LogP contribution in [0.4, 0.5) is 4.39 Å². The molecule has 222 valence electrons. The van der Waals surface area contributed by atoms with Crippen LogP contribution >= 0.6 is 22.9 Å². The van der Waals surface area contributed by atoms with Gasteiger partial charge in [-0.3, -0.25) is 9.36 Å². The summed E-state index contributed by atoms with van der Waals surface area (Å²) < 4.78 is 37.5. The van der Waals surface area contributed by atoms with E-state index in [-0.39, 0.29) is 30.2 Å². The fraction of sp³-hybridized carbons (Fsp3) is 0.219. The van der Waals surface area contributed by atoms with Crippen LogP contribution in [0.15, 0.2) is 81.7 Å². The number of esters is 1. The van der Waals surface area contributed by atoms with Gasteiger partial charge in [0.05, 0.1) is 42.7 Å². The number of benzene rings is 3. The third kappa shape index (κ3) is 6.21. The standard InChI is InChI=1S/C32H28ClFN2O6S/c1-5-41-31(38)28-18(2)35-32-36(29(28)20-8-12-25(39-3)26(15-20)40-4)30(37)27(43-32)16-21-14-22(33)9-13-24(21)42-17-19-6-10-23(34)11-7-19/h6-16,29H,5,17H2,1-4H3/b27-16+/t29-/m1/s1. The molecule has 1 aliphatic rings. The number of aromatic nitrogens is 1. The monoisotopic (exact) mass is 622 g/mol. The third-order valence-electron chi connectivity index (χ3n) is 6.81. The molecule has 0 aliphatic carbocycles. The Morgan fingerprint density at radius 3 is 2.47 bits per heavy atom. The number of halogens is 2. The minimum absolute atomic E-state index is 0.161. The highest BCUT2D eigenvalue weighted by molar-refractivity contribution is 7.07. The number of rotatable bonds is 9. The molecule has 5 rings (SSSR count). The van der Waals surface area contributed by atoms with E-state index in [9.17, 15) is 14.0 Å². The van der Waals surface area contributed by atoms with Crippen molar-refractivity contribution in [1.82, 2.24) is 4.57 Å². The zero-order valence-corrected chi connectivity index (χ0v) is 25.4. The van der Waals surface area contributed by atoms with Crippen LogP contribution in [-0.2, 0) is 16.1 Å². The Labute approximate surface area is 255 Å². The number of hydrogen-bond acceptors (Lipinski definition) is 8. The van der Waals surface area contributed by atoms with Crippen LogP contribution in [0, 0.1) is 5.82 Å². The molecule has 0 N–H and O–H groups in total. The molecular weight excluding hydrogens is 595 g/mol. The second kappa shape index (κ2) is 12.8. The van der Waals surface area contributed by atoms with Crippen molar-refractivity contribution in [2.45, 2.75) is 26.5 Å². The lowest BCUT2D eigenvalue weighted by Crippen LogP contribution is -2.40. The van der Waals surface area contributed by atoms with E-state index in [4.69, 9.17) is 30.5 Å². The molecule has 0 fully saturated rings. The van der Waals surface area contributed by atoms with E-state index in [1.165, 1.54) is 42.3 Å². The number of carbonyl (C=O) groups excluding carboxylic acids is 1. The molecule has 2 heterocycles. The maximum Gasteiger partial charge on any atom is 0.338 e. The predicted molar refractivity (Wildman–Crippen MR) is 162 cm³/mol. The Bertz CT molecular complexity index is 1900. The second-order valence-corrected chi connectivity index (χ2v) is 11.0. The molecule has 43 heavy (non-hydrogen) atoms. The van der Waals surface area contributed by atoms with Crippen molar-refractivity contribution in [3.8, 4) is 17.2 Å². The topological polar surface area (TPSA) is 88.4 Å². The van der Waals surface area contributed by atoms with Gasteiger partial charge >= 0.3 is 5.97 Å². The summed E-state index contributed by atoms with van der Waals surface area (Å²) in [7, 11) is 3.04. The number of carbonyl (C=O) groups is 1. The van der Waals surface area contributed by atoms with Crippen LogP contribution in [0.3, 0.4) is 0 Å². The number of nitrogens with zero attached hydrogens (tertiary/aromatic N) is 2. The molecule has 0 spiro atoms. The van der Waals surface area contributed by atoms with Crippen LogP contribution in [-0.4, -0.2) is 31.4 Å². The number of methoxy groups -OCH3 is 2. The number of allylic oxidation sites excluding steroid dienone is 1. The molecule has 0 bridgehead atoms. The van der Waals surface area contributed by atoms with E-state index >= 15 is 0 Å². The Balaban J connectivity index is 1.64. The molecule has 0 saturated carbocycles. The van der Waals surface area contributed by atoms with E-state index in [1.807, 2.05) is 0 Å². The predicted octanol–water partition coefficient (Wildman–Crippen LogP) is 5.19. The van der Waals surface area contributed by atoms with Crippen molar-refractivity contribution in [2.75, 3.05) is 20.8 Å². The SMILES string of the molecule is CCOC(=O)C1=C(C)N=c2s/c(=C/c3cc(Cl)ccc3OCc3ccc(F)cc3)c(=O)n2[C@@H]1c1ccc(OC)c(OC)c1. The van der Waals surface area contributed by atoms with Crippen LogP contribution in [0.2, 0.25) is 5.02 Å². The van der Waals surface area contributed by atoms with Crippen molar-refractivity contribution < 1.29 is 28.1 Å². The Morgan fingerprint density at radius 2 is 1.77 bits per heavy atom. The molecule has 4 aromatic rings. The molecule has 0 unspecified atom stereocenters. The first-order valence-electron chi connectivity index (χ1n) is 13.3. The molecule has 0 saturated heterocycles. The van der Waals surface area contributed by atoms with E-state index < -0.39 is 12.0 Å². The Kier molecular flexibility index (Phi) is 8.98. The maximum absolute atomic E-state index is 14.1. The third-order valence-corrected chi connectivity index (χ3v) is 8.02. The Hall–Kier alpha value is -4.41. The lowest BCUT2D eigenvalue weighted by Gasteiger charge is -2.25. The molecule has 1 atom stereocenters. The van der Waals surface area contributed by atoms with Crippen molar-refractivity contribution in [1.29, 1.82) is 0 Å². The average Bonchev–Trinajstić information content (AvgIpc) is 3.30. The van der Waals surface area contributed by atoms with Gasteiger partial charge in [0, 0.05) is 10.6 Å². The lowest BCUT2D eigenvalue weighted by atomic mass is 9.95. The molecule has 0 radical (unpaired) electrons. The van der Waals surface area contributed by atoms with Gasteiger partial charge in [-0.05, 0) is 73.5 Å². The van der Waals surface area contributed by atoms with Crippen LogP contribution < -0.4 is 29.1 Å². The first kappa shape index (κ1) is 30.1. The van der Waals surface area contributed by atoms with Gasteiger partial charge < -0.3 is 18.9 Å². The van der Waals surface area contributed by atoms with Gasteiger partial charge in [0.25, 0.3) is 5.56 Å². The van der Waals surface area contributed by atoms with Crippen LogP contribution in [0.25, 0.3) is 6.08 Å². The highest BCUT2D eigenvalue weighted by Crippen LogP contribution is 2.36. The van der Waals surface area contributed by atoms with Crippen LogP contribution in [0.5, 0.6) is 17.2 Å². The summed E-state index contributed by atoms with van der Waals surface area (Å²) in [5.74, 6) is 0.538. The number of hydrogen-bond donors (Lipinski definition) is 0. The fourth-order valence-electron chi connectivity index (χ4n) is 4.78. The number of fused-ring (bicyclic) bond motifs is 1. The van der Waals surface area contributed by atoms with E-state index in [1.54, 1.807) is 68.5 Å². The van der Waals surface area contributed by atoms with Crippen molar-refractivity contribution >= 4 is 35.0 Å². The zero-order valence-electron chi connectivity index (χ0n) is 23.9. The van der Waals surface area contributed by atoms with Crippen molar-refractivity contribution in [3.63, 3.8) is 0 Å². The average molecular weight is 623 g/mol. The van der Waals surface area contributed by atoms with Crippen molar-refractivity contribution in [3.05, 3.63) is 119 Å². The largest absolute Gasteiger partial charge is 0.493 e. The van der Waals surface area contributed by atoms with Crippen LogP contribution in [0.1, 0.15) is 36.6 Å². The van der Waals surface area contributed by atoms with E-state index in [0.717, 1.165) is 5.56 Å². The first-order chi connectivity index (χ1) is 20.7. The summed E-state index contributed by atoms with van der Waals surface area (Å²) >= 11 is 7.50. The highest BCUT2D eigenvalue weighted by atomic mass is 35.5. The molecule has 3 aromatic carbocycles. The highest BCUT2D eigenvalue weighted by Gasteiger charge is 2.34. The minimum Gasteiger partial charge on any atom is -0.493 e. The van der Waals surface area contributed by atoms with Gasteiger partial charge in [0.1, 0.15) is 18.2 Å². The van der Waals surface area contributed by atoms with E-state index in [2.05, 4.69) is 4.99 Å².